The van der Waals surface area contributed by atoms with Crippen molar-refractivity contribution in [1.82, 2.24) is 0 Å². The standard InChI is InChI=1S/C20H13ClN2O2/c21-16-7-4-8-17(12-16)23-20(24)15(13-22)11-18-9-10-19(25-18)14-5-2-1-3-6-14/h1-12H,(H,23,24). The smallest absolute Gasteiger partial charge is 0.266 e. The average Bonchev–Trinajstić information content (AvgIpc) is 3.09. The molecule has 0 radical (unpaired) electrons. The van der Waals surface area contributed by atoms with Crippen LogP contribution in [0.25, 0.3) is 17.4 Å². The van der Waals surface area contributed by atoms with Crippen LogP contribution < -0.4 is 5.32 Å². The van der Waals surface area contributed by atoms with Crippen molar-refractivity contribution in [2.45, 2.75) is 0 Å². The Bertz CT molecular complexity index is 969. The van der Waals surface area contributed by atoms with Gasteiger partial charge in [0.2, 0.25) is 0 Å². The average molecular weight is 349 g/mol. The lowest BCUT2D eigenvalue weighted by Gasteiger charge is -2.04. The first kappa shape index (κ1) is 16.6. The fourth-order valence-corrected chi connectivity index (χ4v) is 2.43. The van der Waals surface area contributed by atoms with Crippen LogP contribution in [0, 0.1) is 11.3 Å². The molecule has 1 amide bonds. The Labute approximate surface area is 150 Å². The normalized spacial score (nSPS) is 11.0. The molecule has 0 unspecified atom stereocenters. The number of nitrogens with zero attached hydrogens (tertiary/aromatic N) is 1. The van der Waals surface area contributed by atoms with E-state index >= 15 is 0 Å². The number of hydrogen-bond donors (Lipinski definition) is 1. The third-order valence-corrected chi connectivity index (χ3v) is 3.65. The van der Waals surface area contributed by atoms with Crippen molar-refractivity contribution in [1.29, 1.82) is 5.26 Å². The Morgan fingerprint density at radius 3 is 2.60 bits per heavy atom. The molecule has 4 nitrogen and oxygen atoms in total. The molecule has 5 heteroatoms. The minimum Gasteiger partial charge on any atom is -0.457 e. The molecule has 122 valence electrons. The molecule has 0 saturated carbocycles. The third kappa shape index (κ3) is 4.17. The van der Waals surface area contributed by atoms with Gasteiger partial charge in [0.05, 0.1) is 0 Å². The Balaban J connectivity index is 1.80. The van der Waals surface area contributed by atoms with E-state index in [1.54, 1.807) is 36.4 Å². The molecule has 3 rings (SSSR count). The van der Waals surface area contributed by atoms with E-state index in [2.05, 4.69) is 5.32 Å². The summed E-state index contributed by atoms with van der Waals surface area (Å²) in [6.45, 7) is 0. The third-order valence-electron chi connectivity index (χ3n) is 3.42. The van der Waals surface area contributed by atoms with Crippen LogP contribution >= 0.6 is 11.6 Å². The van der Waals surface area contributed by atoms with E-state index in [1.165, 1.54) is 6.08 Å². The van der Waals surface area contributed by atoms with E-state index in [0.717, 1.165) is 5.56 Å². The van der Waals surface area contributed by atoms with Crippen molar-refractivity contribution in [3.63, 3.8) is 0 Å². The van der Waals surface area contributed by atoms with Crippen LogP contribution in [0.2, 0.25) is 5.02 Å². The number of furan rings is 1. The zero-order valence-corrected chi connectivity index (χ0v) is 13.8. The van der Waals surface area contributed by atoms with Crippen molar-refractivity contribution in [3.8, 4) is 17.4 Å². The molecule has 1 heterocycles. The van der Waals surface area contributed by atoms with Crippen LogP contribution in [-0.4, -0.2) is 5.91 Å². The molecule has 1 aromatic heterocycles. The van der Waals surface area contributed by atoms with Gasteiger partial charge < -0.3 is 9.73 Å². The summed E-state index contributed by atoms with van der Waals surface area (Å²) < 4.78 is 5.69. The zero-order valence-electron chi connectivity index (χ0n) is 13.1. The highest BCUT2D eigenvalue weighted by Gasteiger charge is 2.11. The number of nitriles is 1. The minimum atomic E-state index is -0.526. The van der Waals surface area contributed by atoms with E-state index in [4.69, 9.17) is 16.0 Å². The zero-order chi connectivity index (χ0) is 17.6. The molecule has 0 fully saturated rings. The quantitative estimate of drug-likeness (QED) is 0.524. The number of nitrogens with one attached hydrogen (secondary N) is 1. The molecule has 0 saturated heterocycles. The number of hydrogen-bond acceptors (Lipinski definition) is 3. The molecular formula is C20H13ClN2O2. The first-order valence-electron chi connectivity index (χ1n) is 7.50. The molecule has 0 spiro atoms. The number of rotatable bonds is 4. The summed E-state index contributed by atoms with van der Waals surface area (Å²) in [5, 5.41) is 12.4. The maximum atomic E-state index is 12.2. The largest absolute Gasteiger partial charge is 0.457 e. The molecule has 0 aliphatic carbocycles. The van der Waals surface area contributed by atoms with Crippen LogP contribution in [-0.2, 0) is 4.79 Å². The Hall–Kier alpha value is -3.29. The summed E-state index contributed by atoms with van der Waals surface area (Å²) in [4.78, 5) is 12.2. The summed E-state index contributed by atoms with van der Waals surface area (Å²) in [7, 11) is 0. The van der Waals surface area contributed by atoms with E-state index in [-0.39, 0.29) is 5.57 Å². The number of halogens is 1. The van der Waals surface area contributed by atoms with Crippen molar-refractivity contribution < 1.29 is 9.21 Å². The van der Waals surface area contributed by atoms with E-state index < -0.39 is 5.91 Å². The van der Waals surface area contributed by atoms with Crippen molar-refractivity contribution in [3.05, 3.63) is 83.1 Å². The van der Waals surface area contributed by atoms with Gasteiger partial charge in [0, 0.05) is 22.3 Å². The number of benzene rings is 2. The van der Waals surface area contributed by atoms with Crippen molar-refractivity contribution in [2.24, 2.45) is 0 Å². The maximum absolute atomic E-state index is 12.2. The molecule has 0 atom stereocenters. The number of amides is 1. The summed E-state index contributed by atoms with van der Waals surface area (Å²) in [6.07, 6.45) is 1.41. The molecule has 0 aliphatic rings. The first-order valence-corrected chi connectivity index (χ1v) is 7.87. The van der Waals surface area contributed by atoms with Crippen LogP contribution in [0.1, 0.15) is 5.76 Å². The van der Waals surface area contributed by atoms with Gasteiger partial charge in [0.25, 0.3) is 5.91 Å². The minimum absolute atomic E-state index is 0.0612. The second-order valence-electron chi connectivity index (χ2n) is 5.20. The molecule has 0 aliphatic heterocycles. The SMILES string of the molecule is N#CC(=Cc1ccc(-c2ccccc2)o1)C(=O)Nc1cccc(Cl)c1. The van der Waals surface area contributed by atoms with Gasteiger partial charge in [0.15, 0.2) is 0 Å². The molecular weight excluding hydrogens is 336 g/mol. The highest BCUT2D eigenvalue weighted by molar-refractivity contribution is 6.31. The van der Waals surface area contributed by atoms with Gasteiger partial charge in [-0.1, -0.05) is 48.0 Å². The summed E-state index contributed by atoms with van der Waals surface area (Å²) in [5.74, 6) is 0.568. The molecule has 3 aromatic rings. The monoisotopic (exact) mass is 348 g/mol. The van der Waals surface area contributed by atoms with Crippen molar-refractivity contribution >= 4 is 29.3 Å². The van der Waals surface area contributed by atoms with E-state index in [1.807, 2.05) is 36.4 Å². The number of carbonyl (C=O) groups excluding carboxylic acids is 1. The fourth-order valence-electron chi connectivity index (χ4n) is 2.24. The molecule has 25 heavy (non-hydrogen) atoms. The van der Waals surface area contributed by atoms with Gasteiger partial charge in [-0.05, 0) is 30.3 Å². The van der Waals surface area contributed by atoms with Gasteiger partial charge >= 0.3 is 0 Å². The predicted molar refractivity (Wildman–Crippen MR) is 97.8 cm³/mol. The van der Waals surface area contributed by atoms with Crippen LogP contribution in [0.5, 0.6) is 0 Å². The Morgan fingerprint density at radius 2 is 1.88 bits per heavy atom. The first-order chi connectivity index (χ1) is 12.2. The fraction of sp³-hybridized carbons (Fsp3) is 0. The second-order valence-corrected chi connectivity index (χ2v) is 5.64. The highest BCUT2D eigenvalue weighted by atomic mass is 35.5. The lowest BCUT2D eigenvalue weighted by atomic mass is 10.2. The molecule has 1 N–H and O–H groups in total. The lowest BCUT2D eigenvalue weighted by Crippen LogP contribution is -2.13. The van der Waals surface area contributed by atoms with E-state index in [0.29, 0.717) is 22.2 Å². The molecule has 2 aromatic carbocycles. The van der Waals surface area contributed by atoms with Crippen molar-refractivity contribution in [2.75, 3.05) is 5.32 Å². The van der Waals surface area contributed by atoms with Crippen LogP contribution in [0.15, 0.2) is 76.7 Å². The second kappa shape index (κ2) is 7.52. The number of carbonyl (C=O) groups is 1. The Morgan fingerprint density at radius 1 is 1.08 bits per heavy atom. The molecule has 0 bridgehead atoms. The van der Waals surface area contributed by atoms with Gasteiger partial charge in [-0.15, -0.1) is 0 Å². The lowest BCUT2D eigenvalue weighted by molar-refractivity contribution is -0.112. The summed E-state index contributed by atoms with van der Waals surface area (Å²) in [5.41, 5.74) is 1.38. The maximum Gasteiger partial charge on any atom is 0.266 e. The van der Waals surface area contributed by atoms with Crippen LogP contribution in [0.4, 0.5) is 5.69 Å². The van der Waals surface area contributed by atoms with Gasteiger partial charge in [-0.25, -0.2) is 0 Å². The Kier molecular flexibility index (Phi) is 4.98. The predicted octanol–water partition coefficient (Wildman–Crippen LogP) is 5.15. The summed E-state index contributed by atoms with van der Waals surface area (Å²) in [6, 6.07) is 21.7. The van der Waals surface area contributed by atoms with Gasteiger partial charge in [0.1, 0.15) is 23.2 Å². The van der Waals surface area contributed by atoms with E-state index in [9.17, 15) is 10.1 Å². The number of anilines is 1. The van der Waals surface area contributed by atoms with Gasteiger partial charge in [-0.3, -0.25) is 4.79 Å². The highest BCUT2D eigenvalue weighted by Crippen LogP contribution is 2.23. The topological polar surface area (TPSA) is 66.0 Å². The van der Waals surface area contributed by atoms with Crippen LogP contribution in [0.3, 0.4) is 0 Å². The van der Waals surface area contributed by atoms with Gasteiger partial charge in [-0.2, -0.15) is 5.26 Å². The summed E-state index contributed by atoms with van der Waals surface area (Å²) >= 11 is 5.89.